The molecule has 13 heteroatoms. The highest BCUT2D eigenvalue weighted by atomic mass is 19.4. The van der Waals surface area contributed by atoms with Gasteiger partial charge in [0, 0.05) is 31.6 Å². The third kappa shape index (κ3) is 5.31. The molecule has 2 aromatic heterocycles. The second-order valence-electron chi connectivity index (χ2n) is 8.99. The van der Waals surface area contributed by atoms with Gasteiger partial charge in [-0.3, -0.25) is 0 Å². The van der Waals surface area contributed by atoms with E-state index >= 15 is 0 Å². The van der Waals surface area contributed by atoms with Crippen LogP contribution in [0.1, 0.15) is 35.8 Å². The molecule has 0 unspecified atom stereocenters. The standard InChI is InChI=1S/C25H24F3N7O3/c1-33-22(15-38-20-4-2-3-18(13-20)25(26,27)28)30-31-23(33)17-5-7-19(8-6-17)35-14-21(29-32-35)16-9-11-34(12-10-16)24(36)37/h2-8,13-14,16H,9-12,15H2,1H3,(H,36,37). The first-order valence-electron chi connectivity index (χ1n) is 11.9. The van der Waals surface area contributed by atoms with Crippen molar-refractivity contribution in [3.63, 3.8) is 0 Å². The van der Waals surface area contributed by atoms with E-state index in [9.17, 15) is 18.0 Å². The number of ether oxygens (including phenoxy) is 1. The van der Waals surface area contributed by atoms with E-state index in [1.54, 1.807) is 16.3 Å². The predicted molar refractivity (Wildman–Crippen MR) is 129 cm³/mol. The van der Waals surface area contributed by atoms with Crippen molar-refractivity contribution in [3.05, 3.63) is 71.8 Å². The lowest BCUT2D eigenvalue weighted by Crippen LogP contribution is -2.36. The fourth-order valence-electron chi connectivity index (χ4n) is 4.37. The number of likely N-dealkylation sites (tertiary alicyclic amines) is 1. The molecular formula is C25H24F3N7O3. The molecular weight excluding hydrogens is 503 g/mol. The second kappa shape index (κ2) is 10.1. The number of rotatable bonds is 6. The fourth-order valence-corrected chi connectivity index (χ4v) is 4.37. The number of benzene rings is 2. The molecule has 1 aliphatic heterocycles. The maximum atomic E-state index is 12.9. The van der Waals surface area contributed by atoms with Gasteiger partial charge in [0.05, 0.1) is 23.1 Å². The molecule has 1 aliphatic rings. The van der Waals surface area contributed by atoms with E-state index in [0.717, 1.165) is 29.1 Å². The number of halogens is 3. The average molecular weight is 528 g/mol. The maximum absolute atomic E-state index is 12.9. The van der Waals surface area contributed by atoms with Gasteiger partial charge in [0.2, 0.25) is 0 Å². The highest BCUT2D eigenvalue weighted by molar-refractivity contribution is 5.65. The Kier molecular flexibility index (Phi) is 6.74. The zero-order chi connectivity index (χ0) is 26.9. The molecule has 0 saturated carbocycles. The molecule has 3 heterocycles. The largest absolute Gasteiger partial charge is 0.486 e. The molecule has 0 bridgehead atoms. The summed E-state index contributed by atoms with van der Waals surface area (Å²) in [5.74, 6) is 1.28. The van der Waals surface area contributed by atoms with Crippen LogP contribution in [0.3, 0.4) is 0 Å². The minimum atomic E-state index is -4.45. The molecule has 1 fully saturated rings. The highest BCUT2D eigenvalue weighted by Crippen LogP contribution is 2.31. The molecule has 4 aromatic rings. The average Bonchev–Trinajstić information content (AvgIpc) is 3.55. The highest BCUT2D eigenvalue weighted by Gasteiger charge is 2.30. The summed E-state index contributed by atoms with van der Waals surface area (Å²) in [6.45, 7) is 0.911. The van der Waals surface area contributed by atoms with E-state index in [1.165, 1.54) is 17.0 Å². The van der Waals surface area contributed by atoms with Crippen molar-refractivity contribution >= 4 is 6.09 Å². The van der Waals surface area contributed by atoms with E-state index in [2.05, 4.69) is 20.5 Å². The van der Waals surface area contributed by atoms with Crippen LogP contribution >= 0.6 is 0 Å². The molecule has 198 valence electrons. The third-order valence-corrected chi connectivity index (χ3v) is 6.58. The summed E-state index contributed by atoms with van der Waals surface area (Å²) in [6.07, 6.45) is -2.07. The Morgan fingerprint density at radius 1 is 1.08 bits per heavy atom. The fraction of sp³-hybridized carbons (Fsp3) is 0.320. The number of carboxylic acid groups (broad SMARTS) is 1. The Hall–Kier alpha value is -4.42. The van der Waals surface area contributed by atoms with Gasteiger partial charge in [0.25, 0.3) is 0 Å². The first-order valence-corrected chi connectivity index (χ1v) is 11.9. The van der Waals surface area contributed by atoms with Crippen LogP contribution < -0.4 is 4.74 Å². The van der Waals surface area contributed by atoms with Crippen LogP contribution in [0.4, 0.5) is 18.0 Å². The van der Waals surface area contributed by atoms with Crippen molar-refractivity contribution in [1.82, 2.24) is 34.7 Å². The van der Waals surface area contributed by atoms with Crippen LogP contribution in [-0.4, -0.2) is 58.9 Å². The van der Waals surface area contributed by atoms with Crippen molar-refractivity contribution in [2.45, 2.75) is 31.5 Å². The third-order valence-electron chi connectivity index (χ3n) is 6.58. The lowest BCUT2D eigenvalue weighted by Gasteiger charge is -2.28. The Labute approximate surface area is 215 Å². The van der Waals surface area contributed by atoms with E-state index in [4.69, 9.17) is 9.84 Å². The minimum absolute atomic E-state index is 0.0456. The topological polar surface area (TPSA) is 111 Å². The SMILES string of the molecule is Cn1c(COc2cccc(C(F)(F)F)c2)nnc1-c1ccc(-n2cc(C3CCN(C(=O)O)CC3)nn2)cc1. The predicted octanol–water partition coefficient (Wildman–Crippen LogP) is 4.52. The maximum Gasteiger partial charge on any atom is 0.416 e. The minimum Gasteiger partial charge on any atom is -0.486 e. The lowest BCUT2D eigenvalue weighted by atomic mass is 9.94. The van der Waals surface area contributed by atoms with E-state index in [-0.39, 0.29) is 18.3 Å². The zero-order valence-corrected chi connectivity index (χ0v) is 20.3. The van der Waals surface area contributed by atoms with Crippen molar-refractivity contribution < 1.29 is 27.8 Å². The Bertz CT molecular complexity index is 1420. The van der Waals surface area contributed by atoms with Gasteiger partial charge in [-0.1, -0.05) is 11.3 Å². The van der Waals surface area contributed by atoms with Gasteiger partial charge >= 0.3 is 12.3 Å². The Balaban J connectivity index is 1.24. The second-order valence-corrected chi connectivity index (χ2v) is 8.99. The molecule has 0 atom stereocenters. The number of carbonyl (C=O) groups is 1. The smallest absolute Gasteiger partial charge is 0.416 e. The van der Waals surface area contributed by atoms with Crippen LogP contribution in [0.2, 0.25) is 0 Å². The molecule has 0 spiro atoms. The summed E-state index contributed by atoms with van der Waals surface area (Å²) in [4.78, 5) is 12.5. The number of hydrogen-bond donors (Lipinski definition) is 1. The van der Waals surface area contributed by atoms with Crippen LogP contribution in [0.5, 0.6) is 5.75 Å². The number of piperidine rings is 1. The number of amides is 1. The van der Waals surface area contributed by atoms with Gasteiger partial charge in [-0.25, -0.2) is 9.48 Å². The number of alkyl halides is 3. The van der Waals surface area contributed by atoms with Gasteiger partial charge in [0.15, 0.2) is 11.6 Å². The normalized spacial score (nSPS) is 14.6. The molecule has 1 saturated heterocycles. The first-order chi connectivity index (χ1) is 18.2. The Morgan fingerprint density at radius 2 is 1.82 bits per heavy atom. The lowest BCUT2D eigenvalue weighted by molar-refractivity contribution is -0.137. The van der Waals surface area contributed by atoms with Crippen LogP contribution in [0, 0.1) is 0 Å². The molecule has 2 aromatic carbocycles. The molecule has 10 nitrogen and oxygen atoms in total. The summed E-state index contributed by atoms with van der Waals surface area (Å²) in [5, 5.41) is 26.0. The van der Waals surface area contributed by atoms with Crippen molar-refractivity contribution in [3.8, 4) is 22.8 Å². The van der Waals surface area contributed by atoms with Crippen LogP contribution in [0.25, 0.3) is 17.1 Å². The van der Waals surface area contributed by atoms with Crippen molar-refractivity contribution in [2.75, 3.05) is 13.1 Å². The molecule has 38 heavy (non-hydrogen) atoms. The van der Waals surface area contributed by atoms with E-state index in [0.29, 0.717) is 37.6 Å². The quantitative estimate of drug-likeness (QED) is 0.393. The van der Waals surface area contributed by atoms with Crippen LogP contribution in [-0.2, 0) is 19.8 Å². The zero-order valence-electron chi connectivity index (χ0n) is 20.3. The van der Waals surface area contributed by atoms with E-state index in [1.807, 2.05) is 30.5 Å². The van der Waals surface area contributed by atoms with Gasteiger partial charge in [-0.15, -0.1) is 15.3 Å². The molecule has 1 amide bonds. The molecule has 5 rings (SSSR count). The number of nitrogens with zero attached hydrogens (tertiary/aromatic N) is 7. The summed E-state index contributed by atoms with van der Waals surface area (Å²) in [6, 6.07) is 12.2. The number of aromatic nitrogens is 6. The summed E-state index contributed by atoms with van der Waals surface area (Å²) >= 11 is 0. The molecule has 0 aliphatic carbocycles. The van der Waals surface area contributed by atoms with Gasteiger partial charge in [-0.2, -0.15) is 13.2 Å². The van der Waals surface area contributed by atoms with Crippen molar-refractivity contribution in [1.29, 1.82) is 0 Å². The van der Waals surface area contributed by atoms with Gasteiger partial charge in [-0.05, 0) is 55.3 Å². The Morgan fingerprint density at radius 3 is 2.50 bits per heavy atom. The molecule has 0 radical (unpaired) electrons. The van der Waals surface area contributed by atoms with Crippen LogP contribution in [0.15, 0.2) is 54.7 Å². The van der Waals surface area contributed by atoms with Gasteiger partial charge < -0.3 is 19.3 Å². The summed E-state index contributed by atoms with van der Waals surface area (Å²) in [5.41, 5.74) is 1.64. The summed E-state index contributed by atoms with van der Waals surface area (Å²) in [7, 11) is 1.76. The first kappa shape index (κ1) is 25.2. The van der Waals surface area contributed by atoms with Crippen molar-refractivity contribution in [2.24, 2.45) is 7.05 Å². The molecule has 1 N–H and O–H groups in total. The summed E-state index contributed by atoms with van der Waals surface area (Å²) < 4.78 is 47.7. The monoisotopic (exact) mass is 527 g/mol. The van der Waals surface area contributed by atoms with E-state index < -0.39 is 17.8 Å². The number of hydrogen-bond acceptors (Lipinski definition) is 6. The van der Waals surface area contributed by atoms with Gasteiger partial charge in [0.1, 0.15) is 12.4 Å².